The molecule has 0 amide bonds. The largest absolute Gasteiger partial charge is 0.481 e. The molecule has 0 atom stereocenters. The number of carboxylic acid groups (broad SMARTS) is 2. The third-order valence-corrected chi connectivity index (χ3v) is 5.48. The Bertz CT molecular complexity index is 1090. The summed E-state index contributed by atoms with van der Waals surface area (Å²) >= 11 is 6.09. The maximum absolute atomic E-state index is 11.7. The lowest BCUT2D eigenvalue weighted by Gasteiger charge is -2.18. The number of rotatable bonds is 4. The van der Waals surface area contributed by atoms with Crippen molar-refractivity contribution in [3.63, 3.8) is 0 Å². The summed E-state index contributed by atoms with van der Waals surface area (Å²) in [5.74, 6) is -1.64. The average Bonchev–Trinajstić information content (AvgIpc) is 3.13. The summed E-state index contributed by atoms with van der Waals surface area (Å²) in [6.07, 6.45) is 0.936. The van der Waals surface area contributed by atoms with Crippen molar-refractivity contribution in [2.75, 3.05) is 0 Å². The van der Waals surface area contributed by atoms with Crippen molar-refractivity contribution >= 4 is 23.5 Å². The van der Waals surface area contributed by atoms with Gasteiger partial charge in [0.25, 0.3) is 5.97 Å². The summed E-state index contributed by atoms with van der Waals surface area (Å²) < 4.78 is 2.24. The first kappa shape index (κ1) is 22.6. The standard InChI is InChI=1S/C23H22ClNO2.C2H4O2/c1-23(2)13-19-22(15-6-4-3-5-7-15)21(16-8-10-17(24)11-9-16)18(12-20(26)27)25(19)14-23;1-2(3)4/h3-11H,12-14H2,1-2H3,(H,26,27);1H3,(H,3,4). The Morgan fingerprint density at radius 2 is 1.52 bits per heavy atom. The van der Waals surface area contributed by atoms with E-state index in [2.05, 4.69) is 30.5 Å². The van der Waals surface area contributed by atoms with Crippen LogP contribution in [0.1, 0.15) is 32.2 Å². The number of hydrogen-bond acceptors (Lipinski definition) is 2. The highest BCUT2D eigenvalue weighted by Gasteiger charge is 2.36. The van der Waals surface area contributed by atoms with Crippen LogP contribution in [0.25, 0.3) is 22.3 Å². The molecule has 5 nitrogen and oxygen atoms in total. The SMILES string of the molecule is CC(=O)O.CC1(C)Cc2c(-c3ccccc3)c(-c3ccc(Cl)cc3)c(CC(=O)O)n2C1. The number of fused-ring (bicyclic) bond motifs is 1. The molecule has 6 heteroatoms. The number of aromatic nitrogens is 1. The van der Waals surface area contributed by atoms with Crippen molar-refractivity contribution in [2.24, 2.45) is 5.41 Å². The Balaban J connectivity index is 0.000000628. The van der Waals surface area contributed by atoms with Gasteiger partial charge < -0.3 is 14.8 Å². The molecule has 2 aromatic carbocycles. The molecule has 0 spiro atoms. The van der Waals surface area contributed by atoms with E-state index in [1.165, 1.54) is 5.69 Å². The molecule has 1 aliphatic rings. The lowest BCUT2D eigenvalue weighted by Crippen LogP contribution is -2.15. The van der Waals surface area contributed by atoms with Gasteiger partial charge in [-0.3, -0.25) is 9.59 Å². The quantitative estimate of drug-likeness (QED) is 0.540. The molecule has 0 unspecified atom stereocenters. The van der Waals surface area contributed by atoms with E-state index >= 15 is 0 Å². The molecule has 0 saturated heterocycles. The molecule has 1 aliphatic heterocycles. The molecule has 31 heavy (non-hydrogen) atoms. The predicted octanol–water partition coefficient (Wildman–Crippen LogP) is 5.78. The Labute approximate surface area is 186 Å². The minimum Gasteiger partial charge on any atom is -0.481 e. The van der Waals surface area contributed by atoms with E-state index in [1.54, 1.807) is 0 Å². The molecule has 162 valence electrons. The molecular weight excluding hydrogens is 414 g/mol. The van der Waals surface area contributed by atoms with Crippen LogP contribution < -0.4 is 0 Å². The zero-order chi connectivity index (χ0) is 22.8. The molecule has 0 aliphatic carbocycles. The smallest absolute Gasteiger partial charge is 0.309 e. The highest BCUT2D eigenvalue weighted by atomic mass is 35.5. The van der Waals surface area contributed by atoms with Crippen LogP contribution in [0, 0.1) is 5.41 Å². The van der Waals surface area contributed by atoms with E-state index in [0.717, 1.165) is 47.8 Å². The first-order valence-electron chi connectivity index (χ1n) is 10.1. The topological polar surface area (TPSA) is 79.5 Å². The van der Waals surface area contributed by atoms with Crippen molar-refractivity contribution in [3.8, 4) is 22.3 Å². The number of carbonyl (C=O) groups is 2. The predicted molar refractivity (Wildman–Crippen MR) is 122 cm³/mol. The van der Waals surface area contributed by atoms with Gasteiger partial charge in [0.2, 0.25) is 0 Å². The van der Waals surface area contributed by atoms with Gasteiger partial charge in [-0.1, -0.05) is 67.9 Å². The summed E-state index contributed by atoms with van der Waals surface area (Å²) in [5.41, 5.74) is 6.53. The van der Waals surface area contributed by atoms with E-state index in [4.69, 9.17) is 21.5 Å². The van der Waals surface area contributed by atoms with Crippen LogP contribution in [0.2, 0.25) is 5.02 Å². The number of hydrogen-bond donors (Lipinski definition) is 2. The first-order valence-corrected chi connectivity index (χ1v) is 10.4. The Kier molecular flexibility index (Phi) is 6.56. The fraction of sp³-hybridized carbons (Fsp3) is 0.280. The highest BCUT2D eigenvalue weighted by molar-refractivity contribution is 6.30. The zero-order valence-electron chi connectivity index (χ0n) is 17.9. The molecule has 3 aromatic rings. The van der Waals surface area contributed by atoms with Crippen molar-refractivity contribution in [2.45, 2.75) is 40.2 Å². The number of halogens is 1. The Morgan fingerprint density at radius 3 is 2.06 bits per heavy atom. The van der Waals surface area contributed by atoms with Crippen molar-refractivity contribution in [1.29, 1.82) is 0 Å². The van der Waals surface area contributed by atoms with Gasteiger partial charge in [-0.2, -0.15) is 0 Å². The maximum Gasteiger partial charge on any atom is 0.309 e. The highest BCUT2D eigenvalue weighted by Crippen LogP contribution is 2.47. The first-order chi connectivity index (χ1) is 14.6. The van der Waals surface area contributed by atoms with Crippen LogP contribution in [0.15, 0.2) is 54.6 Å². The molecule has 0 radical (unpaired) electrons. The van der Waals surface area contributed by atoms with E-state index in [0.29, 0.717) is 5.02 Å². The average molecular weight is 440 g/mol. The third-order valence-electron chi connectivity index (χ3n) is 5.22. The van der Waals surface area contributed by atoms with Gasteiger partial charge in [-0.05, 0) is 35.1 Å². The van der Waals surface area contributed by atoms with Gasteiger partial charge in [-0.25, -0.2) is 0 Å². The minimum absolute atomic E-state index is 0.00781. The van der Waals surface area contributed by atoms with Gasteiger partial charge in [0.05, 0.1) is 6.42 Å². The van der Waals surface area contributed by atoms with Gasteiger partial charge in [-0.15, -0.1) is 0 Å². The van der Waals surface area contributed by atoms with E-state index < -0.39 is 11.9 Å². The molecule has 0 fully saturated rings. The fourth-order valence-electron chi connectivity index (χ4n) is 4.20. The number of nitrogens with zero attached hydrogens (tertiary/aromatic N) is 1. The second-order valence-corrected chi connectivity index (χ2v) is 8.97. The Hall–Kier alpha value is -3.05. The van der Waals surface area contributed by atoms with Crippen LogP contribution >= 0.6 is 11.6 Å². The molecule has 4 rings (SSSR count). The van der Waals surface area contributed by atoms with Crippen LogP contribution in [-0.2, 0) is 29.0 Å². The van der Waals surface area contributed by atoms with E-state index in [1.807, 2.05) is 42.5 Å². The summed E-state index contributed by atoms with van der Waals surface area (Å²) in [4.78, 5) is 20.7. The molecular formula is C25H26ClNO4. The van der Waals surface area contributed by atoms with Crippen LogP contribution in [0.5, 0.6) is 0 Å². The summed E-state index contributed by atoms with van der Waals surface area (Å²) in [7, 11) is 0. The van der Waals surface area contributed by atoms with Gasteiger partial charge in [0.1, 0.15) is 0 Å². The van der Waals surface area contributed by atoms with Crippen molar-refractivity contribution in [3.05, 3.63) is 71.0 Å². The van der Waals surface area contributed by atoms with Gasteiger partial charge in [0, 0.05) is 41.0 Å². The minimum atomic E-state index is -0.833. The molecule has 0 saturated carbocycles. The maximum atomic E-state index is 11.7. The summed E-state index contributed by atoms with van der Waals surface area (Å²) in [6, 6.07) is 18.0. The fourth-order valence-corrected chi connectivity index (χ4v) is 4.33. The molecule has 2 N–H and O–H groups in total. The van der Waals surface area contributed by atoms with Crippen LogP contribution in [-0.4, -0.2) is 26.7 Å². The second-order valence-electron chi connectivity index (χ2n) is 8.53. The summed E-state index contributed by atoms with van der Waals surface area (Å²) in [6.45, 7) is 6.39. The third kappa shape index (κ3) is 5.17. The molecule has 0 bridgehead atoms. The normalized spacial score (nSPS) is 13.8. The lowest BCUT2D eigenvalue weighted by atomic mass is 9.86. The monoisotopic (exact) mass is 439 g/mol. The second kappa shape index (κ2) is 8.98. The zero-order valence-corrected chi connectivity index (χ0v) is 18.6. The lowest BCUT2D eigenvalue weighted by molar-refractivity contribution is -0.136. The van der Waals surface area contributed by atoms with Crippen molar-refractivity contribution in [1.82, 2.24) is 4.57 Å². The van der Waals surface area contributed by atoms with E-state index in [-0.39, 0.29) is 11.8 Å². The number of aliphatic carboxylic acids is 2. The number of benzene rings is 2. The van der Waals surface area contributed by atoms with E-state index in [9.17, 15) is 9.90 Å². The summed E-state index contributed by atoms with van der Waals surface area (Å²) in [5, 5.41) is 17.7. The van der Waals surface area contributed by atoms with Gasteiger partial charge >= 0.3 is 5.97 Å². The molecule has 1 aromatic heterocycles. The number of carboxylic acids is 2. The Morgan fingerprint density at radius 1 is 0.968 bits per heavy atom. The van der Waals surface area contributed by atoms with Gasteiger partial charge in [0.15, 0.2) is 0 Å². The van der Waals surface area contributed by atoms with Crippen LogP contribution in [0.3, 0.4) is 0 Å². The molecule has 2 heterocycles. The van der Waals surface area contributed by atoms with Crippen molar-refractivity contribution < 1.29 is 19.8 Å². The van der Waals surface area contributed by atoms with Crippen LogP contribution in [0.4, 0.5) is 0 Å².